The summed E-state index contributed by atoms with van der Waals surface area (Å²) < 4.78 is 2.62. The SMILES string of the molecule is Cc1cc2c3c(c1)N(c1cccc4c1sc1ccccc14)c1cc(N(c4ccccc4)c4ccccc4)ccc1B3c1cc3c(cc1N2c1ccc2c(c1)C(C)(C)CCC2(C)C)C(C)(C)CC3(C)C. The van der Waals surface area contributed by atoms with Crippen LogP contribution in [0.15, 0.2) is 164 Å². The molecular weight excluding hydrogens is 854 g/mol. The Morgan fingerprint density at radius 1 is 0.449 bits per heavy atom. The van der Waals surface area contributed by atoms with Crippen LogP contribution in [0.4, 0.5) is 51.2 Å². The lowest BCUT2D eigenvalue weighted by Gasteiger charge is -2.46. The average Bonchev–Trinajstić information content (AvgIpc) is 3.80. The van der Waals surface area contributed by atoms with Gasteiger partial charge in [-0.1, -0.05) is 140 Å². The minimum absolute atomic E-state index is 0.00322. The van der Waals surface area contributed by atoms with E-state index in [1.165, 1.54) is 111 Å². The van der Waals surface area contributed by atoms with Crippen LogP contribution in [0.3, 0.4) is 0 Å². The molecule has 0 N–H and O–H groups in total. The lowest BCUT2D eigenvalue weighted by atomic mass is 9.33. The van der Waals surface area contributed by atoms with Crippen LogP contribution in [-0.2, 0) is 21.7 Å². The van der Waals surface area contributed by atoms with E-state index in [1.54, 1.807) is 0 Å². The lowest BCUT2D eigenvalue weighted by molar-refractivity contribution is 0.332. The van der Waals surface area contributed by atoms with E-state index in [2.05, 4.69) is 241 Å². The van der Waals surface area contributed by atoms with Crippen LogP contribution < -0.4 is 31.1 Å². The third-order valence-electron chi connectivity index (χ3n) is 16.7. The largest absolute Gasteiger partial charge is 0.311 e. The normalized spacial score (nSPS) is 17.6. The van der Waals surface area contributed by atoms with Gasteiger partial charge in [0.15, 0.2) is 0 Å². The minimum Gasteiger partial charge on any atom is -0.311 e. The van der Waals surface area contributed by atoms with Gasteiger partial charge in [0.25, 0.3) is 6.71 Å². The van der Waals surface area contributed by atoms with Crippen molar-refractivity contribution in [2.75, 3.05) is 14.7 Å². The van der Waals surface area contributed by atoms with Crippen molar-refractivity contribution in [1.82, 2.24) is 0 Å². The van der Waals surface area contributed by atoms with Gasteiger partial charge in [0.1, 0.15) is 0 Å². The fraction of sp³-hybridized carbons (Fsp3) is 0.250. The van der Waals surface area contributed by atoms with Crippen molar-refractivity contribution < 1.29 is 0 Å². The number of nitrogens with zero attached hydrogens (tertiary/aromatic N) is 3. The van der Waals surface area contributed by atoms with E-state index in [1.807, 2.05) is 11.3 Å². The van der Waals surface area contributed by atoms with Gasteiger partial charge in [0, 0.05) is 61.0 Å². The zero-order valence-electron chi connectivity index (χ0n) is 41.5. The van der Waals surface area contributed by atoms with Gasteiger partial charge in [-0.15, -0.1) is 11.3 Å². The number of benzene rings is 8. The molecule has 0 amide bonds. The van der Waals surface area contributed by atoms with Crippen molar-refractivity contribution in [3.63, 3.8) is 0 Å². The summed E-state index contributed by atoms with van der Waals surface area (Å²) in [6.45, 7) is 22.0. The van der Waals surface area contributed by atoms with E-state index >= 15 is 0 Å². The van der Waals surface area contributed by atoms with Gasteiger partial charge in [0.05, 0.1) is 10.4 Å². The first-order valence-electron chi connectivity index (χ1n) is 25.1. The molecule has 0 atom stereocenters. The Kier molecular flexibility index (Phi) is 9.08. The van der Waals surface area contributed by atoms with Gasteiger partial charge in [-0.2, -0.15) is 0 Å². The molecule has 0 saturated carbocycles. The zero-order chi connectivity index (χ0) is 47.4. The summed E-state index contributed by atoms with van der Waals surface area (Å²) in [5, 5.41) is 2.61. The van der Waals surface area contributed by atoms with Crippen LogP contribution in [0.2, 0.25) is 0 Å². The summed E-state index contributed by atoms with van der Waals surface area (Å²) in [6, 6.07) is 62.8. The van der Waals surface area contributed by atoms with Gasteiger partial charge in [-0.05, 0) is 171 Å². The maximum atomic E-state index is 2.68. The highest BCUT2D eigenvalue weighted by Crippen LogP contribution is 2.55. The van der Waals surface area contributed by atoms with Crippen molar-refractivity contribution in [2.45, 2.75) is 103 Å². The second-order valence-corrected chi connectivity index (χ2v) is 24.3. The van der Waals surface area contributed by atoms with Crippen LogP contribution in [0.1, 0.15) is 102 Å². The number of hydrogen-bond donors (Lipinski definition) is 0. The predicted octanol–water partition coefficient (Wildman–Crippen LogP) is 16.2. The molecule has 9 aromatic rings. The molecule has 0 unspecified atom stereocenters. The molecule has 340 valence electrons. The lowest BCUT2D eigenvalue weighted by Crippen LogP contribution is -2.61. The third-order valence-corrected chi connectivity index (χ3v) is 17.9. The van der Waals surface area contributed by atoms with Gasteiger partial charge >= 0.3 is 0 Å². The molecule has 0 fully saturated rings. The molecule has 2 aliphatic heterocycles. The predicted molar refractivity (Wildman–Crippen MR) is 299 cm³/mol. The molecule has 3 nitrogen and oxygen atoms in total. The van der Waals surface area contributed by atoms with E-state index in [0.717, 1.165) is 23.5 Å². The Morgan fingerprint density at radius 3 is 1.75 bits per heavy atom. The van der Waals surface area contributed by atoms with Gasteiger partial charge in [-0.3, -0.25) is 0 Å². The topological polar surface area (TPSA) is 9.72 Å². The monoisotopic (exact) mass is 913 g/mol. The smallest absolute Gasteiger partial charge is 0.252 e. The molecule has 5 heteroatoms. The Hall–Kier alpha value is -6.56. The molecule has 3 heterocycles. The van der Waals surface area contributed by atoms with Crippen molar-refractivity contribution >= 4 is 106 Å². The van der Waals surface area contributed by atoms with E-state index in [4.69, 9.17) is 0 Å². The van der Waals surface area contributed by atoms with Crippen molar-refractivity contribution in [1.29, 1.82) is 0 Å². The number of anilines is 9. The molecule has 8 aromatic carbocycles. The molecule has 0 spiro atoms. The first-order chi connectivity index (χ1) is 33.1. The average molecular weight is 914 g/mol. The Labute approximate surface area is 413 Å². The highest BCUT2D eigenvalue weighted by atomic mass is 32.1. The highest BCUT2D eigenvalue weighted by Gasteiger charge is 2.49. The maximum Gasteiger partial charge on any atom is 0.252 e. The molecule has 69 heavy (non-hydrogen) atoms. The third kappa shape index (κ3) is 6.31. The standard InChI is InChI=1S/C64H60BN3S/c1-40-33-56-59-57(34-40)68(53-25-18-24-46-45-23-16-17-26-58(45)69-60(46)53)54-36-44(66(41-19-12-10-13-20-41)42-21-14-11-15-22-42)28-30-51(54)65(59)52-37-49-50(64(8,9)39-63(49,6)7)38-55(52)67(56)43-27-29-47-48(35-43)62(4,5)32-31-61(47,2)3/h10-30,33-38H,31-32,39H2,1-9H3. The van der Waals surface area contributed by atoms with E-state index in [0.29, 0.717) is 0 Å². The number of fused-ring (bicyclic) bond motifs is 9. The molecule has 1 aromatic heterocycles. The van der Waals surface area contributed by atoms with Crippen LogP contribution in [-0.4, -0.2) is 6.71 Å². The Bertz CT molecular complexity index is 3540. The van der Waals surface area contributed by atoms with Crippen LogP contribution >= 0.6 is 11.3 Å². The van der Waals surface area contributed by atoms with Crippen LogP contribution in [0.5, 0.6) is 0 Å². The van der Waals surface area contributed by atoms with E-state index < -0.39 is 0 Å². The summed E-state index contributed by atoms with van der Waals surface area (Å²) in [6.07, 6.45) is 3.49. The zero-order valence-corrected chi connectivity index (χ0v) is 42.4. The summed E-state index contributed by atoms with van der Waals surface area (Å²) in [7, 11) is 0. The Balaban J connectivity index is 1.14. The molecule has 2 aliphatic carbocycles. The van der Waals surface area contributed by atoms with Gasteiger partial charge < -0.3 is 14.7 Å². The summed E-state index contributed by atoms with van der Waals surface area (Å²) in [5.41, 5.74) is 22.5. The second kappa shape index (κ2) is 14.7. The second-order valence-electron chi connectivity index (χ2n) is 23.2. The summed E-state index contributed by atoms with van der Waals surface area (Å²) in [4.78, 5) is 7.75. The van der Waals surface area contributed by atoms with E-state index in [9.17, 15) is 0 Å². The van der Waals surface area contributed by atoms with Crippen molar-refractivity contribution in [3.05, 3.63) is 192 Å². The summed E-state index contributed by atoms with van der Waals surface area (Å²) >= 11 is 1.91. The molecule has 0 saturated heterocycles. The number of para-hydroxylation sites is 2. The number of thiophene rings is 1. The Morgan fingerprint density at radius 2 is 1.04 bits per heavy atom. The fourth-order valence-electron chi connectivity index (χ4n) is 13.5. The van der Waals surface area contributed by atoms with Crippen molar-refractivity contribution in [3.8, 4) is 0 Å². The van der Waals surface area contributed by atoms with E-state index in [-0.39, 0.29) is 28.4 Å². The number of aryl methyl sites for hydroxylation is 1. The van der Waals surface area contributed by atoms with Crippen LogP contribution in [0.25, 0.3) is 20.2 Å². The summed E-state index contributed by atoms with van der Waals surface area (Å²) in [5.74, 6) is 0. The molecular formula is C64H60BN3S. The molecule has 13 rings (SSSR count). The highest BCUT2D eigenvalue weighted by molar-refractivity contribution is 7.26. The number of hydrogen-bond acceptors (Lipinski definition) is 4. The molecule has 0 radical (unpaired) electrons. The number of rotatable bonds is 5. The maximum absolute atomic E-state index is 2.68. The molecule has 0 bridgehead atoms. The molecule has 4 aliphatic rings. The fourth-order valence-corrected chi connectivity index (χ4v) is 14.7. The minimum atomic E-state index is 0.00322. The van der Waals surface area contributed by atoms with Gasteiger partial charge in [-0.25, -0.2) is 0 Å². The quantitative estimate of drug-likeness (QED) is 0.159. The van der Waals surface area contributed by atoms with Crippen LogP contribution in [0, 0.1) is 6.92 Å². The van der Waals surface area contributed by atoms with Gasteiger partial charge in [0.2, 0.25) is 0 Å². The first-order valence-corrected chi connectivity index (χ1v) is 25.9. The van der Waals surface area contributed by atoms with Crippen molar-refractivity contribution in [2.24, 2.45) is 0 Å². The first kappa shape index (κ1) is 42.5.